The largest absolute Gasteiger partial charge is 0.368 e. The normalized spacial score (nSPS) is 34.2. The third-order valence-electron chi connectivity index (χ3n) is 5.87. The van der Waals surface area contributed by atoms with Crippen LogP contribution in [-0.4, -0.2) is 54.3 Å². The average molecular weight is 355 g/mol. The minimum atomic E-state index is 0.199. The first kappa shape index (κ1) is 18.5. The number of carbonyl (C=O) groups is 1. The average Bonchev–Trinajstić information content (AvgIpc) is 3.13. The SMILES string of the molecule is CC1CCC(OCC(=O)N(CC2CCSC2)C2CCCCN2)CC1. The van der Waals surface area contributed by atoms with Crippen molar-refractivity contribution in [1.29, 1.82) is 0 Å². The van der Waals surface area contributed by atoms with Crippen LogP contribution in [0.15, 0.2) is 0 Å². The molecule has 2 saturated heterocycles. The highest BCUT2D eigenvalue weighted by Crippen LogP contribution is 2.27. The Kier molecular flexibility index (Phi) is 7.29. The van der Waals surface area contributed by atoms with E-state index in [0.717, 1.165) is 38.3 Å². The number of hydrogen-bond acceptors (Lipinski definition) is 4. The summed E-state index contributed by atoms with van der Waals surface area (Å²) < 4.78 is 6.01. The molecule has 2 aliphatic heterocycles. The molecule has 2 heterocycles. The Labute approximate surface area is 151 Å². The summed E-state index contributed by atoms with van der Waals surface area (Å²) in [4.78, 5) is 15.0. The van der Waals surface area contributed by atoms with Gasteiger partial charge in [0.15, 0.2) is 0 Å². The standard InChI is InChI=1S/C19H34N2O2S/c1-15-5-7-17(8-6-15)23-13-19(22)21(12-16-9-11-24-14-16)18-4-2-3-10-20-18/h15-18,20H,2-14H2,1H3. The number of hydrogen-bond donors (Lipinski definition) is 1. The van der Waals surface area contributed by atoms with E-state index in [1.54, 1.807) is 0 Å². The summed E-state index contributed by atoms with van der Waals surface area (Å²) in [6, 6.07) is 0. The Morgan fingerprint density at radius 2 is 2.00 bits per heavy atom. The lowest BCUT2D eigenvalue weighted by molar-refractivity contribution is -0.143. The van der Waals surface area contributed by atoms with Gasteiger partial charge in [0.1, 0.15) is 6.61 Å². The Bertz CT molecular complexity index is 387. The van der Waals surface area contributed by atoms with Crippen molar-refractivity contribution in [2.24, 2.45) is 11.8 Å². The number of amides is 1. The lowest BCUT2D eigenvalue weighted by atomic mass is 9.89. The van der Waals surface area contributed by atoms with Gasteiger partial charge in [0.05, 0.1) is 12.3 Å². The molecule has 3 fully saturated rings. The van der Waals surface area contributed by atoms with E-state index in [1.807, 2.05) is 11.8 Å². The Morgan fingerprint density at radius 1 is 1.17 bits per heavy atom. The van der Waals surface area contributed by atoms with E-state index >= 15 is 0 Å². The highest BCUT2D eigenvalue weighted by Gasteiger charge is 2.29. The van der Waals surface area contributed by atoms with E-state index in [9.17, 15) is 4.79 Å². The highest BCUT2D eigenvalue weighted by atomic mass is 32.2. The first-order chi connectivity index (χ1) is 11.7. The van der Waals surface area contributed by atoms with Crippen LogP contribution >= 0.6 is 11.8 Å². The Morgan fingerprint density at radius 3 is 2.67 bits per heavy atom. The lowest BCUT2D eigenvalue weighted by Crippen LogP contribution is -2.53. The van der Waals surface area contributed by atoms with Crippen LogP contribution in [0.2, 0.25) is 0 Å². The molecule has 2 atom stereocenters. The molecule has 1 aliphatic carbocycles. The second kappa shape index (κ2) is 9.44. The van der Waals surface area contributed by atoms with Crippen molar-refractivity contribution >= 4 is 17.7 Å². The molecule has 0 bridgehead atoms. The number of ether oxygens (including phenoxy) is 1. The van der Waals surface area contributed by atoms with Crippen molar-refractivity contribution in [3.05, 3.63) is 0 Å². The summed E-state index contributed by atoms with van der Waals surface area (Å²) in [5.41, 5.74) is 0. The molecule has 24 heavy (non-hydrogen) atoms. The molecule has 4 nitrogen and oxygen atoms in total. The van der Waals surface area contributed by atoms with E-state index in [-0.39, 0.29) is 18.7 Å². The van der Waals surface area contributed by atoms with Gasteiger partial charge in [0.25, 0.3) is 0 Å². The molecular formula is C19H34N2O2S. The molecule has 1 saturated carbocycles. The number of carbonyl (C=O) groups excluding carboxylic acids is 1. The van der Waals surface area contributed by atoms with Crippen molar-refractivity contribution in [2.45, 2.75) is 70.6 Å². The van der Waals surface area contributed by atoms with E-state index in [4.69, 9.17) is 4.74 Å². The minimum Gasteiger partial charge on any atom is -0.368 e. The molecule has 1 N–H and O–H groups in total. The summed E-state index contributed by atoms with van der Waals surface area (Å²) in [5, 5.41) is 3.56. The topological polar surface area (TPSA) is 41.6 Å². The Balaban J connectivity index is 1.51. The van der Waals surface area contributed by atoms with Gasteiger partial charge in [-0.3, -0.25) is 10.1 Å². The molecule has 0 aromatic carbocycles. The molecule has 0 aromatic heterocycles. The molecule has 2 unspecified atom stereocenters. The van der Waals surface area contributed by atoms with Gasteiger partial charge in [-0.15, -0.1) is 0 Å². The van der Waals surface area contributed by atoms with Crippen LogP contribution in [0.3, 0.4) is 0 Å². The predicted molar refractivity (Wildman–Crippen MR) is 100 cm³/mol. The highest BCUT2D eigenvalue weighted by molar-refractivity contribution is 7.99. The molecular weight excluding hydrogens is 320 g/mol. The zero-order valence-electron chi connectivity index (χ0n) is 15.2. The van der Waals surface area contributed by atoms with Crippen LogP contribution < -0.4 is 5.32 Å². The lowest BCUT2D eigenvalue weighted by Gasteiger charge is -2.37. The number of nitrogens with zero attached hydrogens (tertiary/aromatic N) is 1. The van der Waals surface area contributed by atoms with Crippen molar-refractivity contribution in [3.8, 4) is 0 Å². The maximum absolute atomic E-state index is 12.9. The van der Waals surface area contributed by atoms with Crippen LogP contribution in [-0.2, 0) is 9.53 Å². The number of piperidine rings is 1. The number of rotatable bonds is 6. The van der Waals surface area contributed by atoms with Gasteiger partial charge in [-0.05, 0) is 81.3 Å². The van der Waals surface area contributed by atoms with Crippen LogP contribution in [0, 0.1) is 11.8 Å². The number of thioether (sulfide) groups is 1. The molecule has 138 valence electrons. The van der Waals surface area contributed by atoms with E-state index < -0.39 is 0 Å². The van der Waals surface area contributed by atoms with Crippen molar-refractivity contribution < 1.29 is 9.53 Å². The van der Waals surface area contributed by atoms with Gasteiger partial charge >= 0.3 is 0 Å². The molecule has 1 amide bonds. The maximum Gasteiger partial charge on any atom is 0.249 e. The van der Waals surface area contributed by atoms with Gasteiger partial charge < -0.3 is 9.64 Å². The first-order valence-corrected chi connectivity index (χ1v) is 11.1. The fourth-order valence-electron chi connectivity index (χ4n) is 4.18. The minimum absolute atomic E-state index is 0.199. The zero-order valence-corrected chi connectivity index (χ0v) is 16.0. The van der Waals surface area contributed by atoms with Gasteiger partial charge in [0.2, 0.25) is 5.91 Å². The van der Waals surface area contributed by atoms with Crippen molar-refractivity contribution in [2.75, 3.05) is 31.2 Å². The smallest absolute Gasteiger partial charge is 0.249 e. The molecule has 0 aromatic rings. The third-order valence-corrected chi connectivity index (χ3v) is 7.10. The van der Waals surface area contributed by atoms with Crippen molar-refractivity contribution in [1.82, 2.24) is 10.2 Å². The van der Waals surface area contributed by atoms with Gasteiger partial charge in [0, 0.05) is 6.54 Å². The fraction of sp³-hybridized carbons (Fsp3) is 0.947. The summed E-state index contributed by atoms with van der Waals surface area (Å²) >= 11 is 2.03. The van der Waals surface area contributed by atoms with E-state index in [1.165, 1.54) is 43.6 Å². The monoisotopic (exact) mass is 354 g/mol. The van der Waals surface area contributed by atoms with E-state index in [2.05, 4.69) is 17.1 Å². The van der Waals surface area contributed by atoms with Crippen LogP contribution in [0.25, 0.3) is 0 Å². The van der Waals surface area contributed by atoms with Gasteiger partial charge in [-0.2, -0.15) is 11.8 Å². The Hall–Kier alpha value is -0.260. The van der Waals surface area contributed by atoms with Crippen molar-refractivity contribution in [3.63, 3.8) is 0 Å². The summed E-state index contributed by atoms with van der Waals surface area (Å²) in [6.45, 7) is 4.54. The van der Waals surface area contributed by atoms with Crippen LogP contribution in [0.4, 0.5) is 0 Å². The first-order valence-electron chi connectivity index (χ1n) is 9.94. The third kappa shape index (κ3) is 5.37. The number of nitrogens with one attached hydrogen (secondary N) is 1. The maximum atomic E-state index is 12.9. The van der Waals surface area contributed by atoms with Gasteiger partial charge in [-0.25, -0.2) is 0 Å². The summed E-state index contributed by atoms with van der Waals surface area (Å²) in [7, 11) is 0. The second-order valence-corrected chi connectivity index (χ2v) is 9.08. The summed E-state index contributed by atoms with van der Waals surface area (Å²) in [6.07, 6.45) is 10.1. The fourth-order valence-corrected chi connectivity index (χ4v) is 5.45. The molecule has 0 spiro atoms. The quantitative estimate of drug-likeness (QED) is 0.795. The summed E-state index contributed by atoms with van der Waals surface area (Å²) in [5.74, 6) is 4.14. The molecule has 3 aliphatic rings. The molecule has 5 heteroatoms. The zero-order chi connectivity index (χ0) is 16.8. The van der Waals surface area contributed by atoms with Crippen LogP contribution in [0.5, 0.6) is 0 Å². The molecule has 0 radical (unpaired) electrons. The van der Waals surface area contributed by atoms with Crippen LogP contribution in [0.1, 0.15) is 58.3 Å². The van der Waals surface area contributed by atoms with E-state index in [0.29, 0.717) is 12.0 Å². The second-order valence-electron chi connectivity index (χ2n) is 7.93. The van der Waals surface area contributed by atoms with Gasteiger partial charge in [-0.1, -0.05) is 6.92 Å². The molecule has 3 rings (SSSR count). The predicted octanol–water partition coefficient (Wildman–Crippen LogP) is 3.26.